The van der Waals surface area contributed by atoms with Gasteiger partial charge in [-0.05, 0) is 46.3 Å². The third-order valence-electron chi connectivity index (χ3n) is 4.52. The molecule has 2 rings (SSSR count). The Morgan fingerprint density at radius 3 is 2.55 bits per heavy atom. The molecule has 1 aliphatic heterocycles. The standard InChI is InChI=1S/C15H21BrFN3/c1-3-15(2)6-8-20(9-7-15)11-5-4-10(14(18)19)12(16)13(11)17/h4-5H,3,6-9H2,1-2H3,(H3,18,19). The molecule has 5 heteroatoms. The number of nitrogens with zero attached hydrogens (tertiary/aromatic N) is 1. The van der Waals surface area contributed by atoms with Gasteiger partial charge in [-0.1, -0.05) is 20.3 Å². The van der Waals surface area contributed by atoms with E-state index in [-0.39, 0.29) is 16.1 Å². The predicted octanol–water partition coefficient (Wildman–Crippen LogP) is 3.89. The summed E-state index contributed by atoms with van der Waals surface area (Å²) in [4.78, 5) is 2.08. The van der Waals surface area contributed by atoms with E-state index >= 15 is 0 Å². The zero-order chi connectivity index (χ0) is 14.9. The highest BCUT2D eigenvalue weighted by Gasteiger charge is 2.29. The molecule has 1 aromatic carbocycles. The van der Waals surface area contributed by atoms with Gasteiger partial charge in [-0.2, -0.15) is 0 Å². The number of hydrogen-bond donors (Lipinski definition) is 2. The molecular weight excluding hydrogens is 321 g/mol. The summed E-state index contributed by atoms with van der Waals surface area (Å²) < 4.78 is 14.7. The van der Waals surface area contributed by atoms with E-state index < -0.39 is 0 Å². The zero-order valence-corrected chi connectivity index (χ0v) is 13.6. The van der Waals surface area contributed by atoms with Crippen molar-refractivity contribution in [1.29, 1.82) is 5.41 Å². The van der Waals surface area contributed by atoms with Gasteiger partial charge in [0.25, 0.3) is 0 Å². The maximum atomic E-state index is 14.4. The molecule has 1 saturated heterocycles. The molecule has 1 aromatic rings. The third kappa shape index (κ3) is 2.82. The van der Waals surface area contributed by atoms with Gasteiger partial charge in [-0.15, -0.1) is 0 Å². The largest absolute Gasteiger partial charge is 0.384 e. The second-order valence-corrected chi connectivity index (χ2v) is 6.62. The topological polar surface area (TPSA) is 53.1 Å². The molecule has 20 heavy (non-hydrogen) atoms. The highest BCUT2D eigenvalue weighted by atomic mass is 79.9. The van der Waals surface area contributed by atoms with E-state index in [4.69, 9.17) is 11.1 Å². The number of amidine groups is 1. The Balaban J connectivity index is 2.23. The monoisotopic (exact) mass is 341 g/mol. The van der Waals surface area contributed by atoms with Gasteiger partial charge in [0, 0.05) is 18.7 Å². The van der Waals surface area contributed by atoms with Crippen molar-refractivity contribution in [3.05, 3.63) is 28.0 Å². The van der Waals surface area contributed by atoms with Gasteiger partial charge in [0.15, 0.2) is 5.82 Å². The minimum atomic E-state index is -0.321. The molecule has 0 unspecified atom stereocenters. The van der Waals surface area contributed by atoms with E-state index in [9.17, 15) is 4.39 Å². The fourth-order valence-electron chi connectivity index (χ4n) is 2.63. The number of nitrogens with one attached hydrogen (secondary N) is 1. The van der Waals surface area contributed by atoms with Crippen molar-refractivity contribution in [2.24, 2.45) is 11.1 Å². The van der Waals surface area contributed by atoms with Crippen molar-refractivity contribution in [1.82, 2.24) is 0 Å². The fraction of sp³-hybridized carbons (Fsp3) is 0.533. The fourth-order valence-corrected chi connectivity index (χ4v) is 3.18. The van der Waals surface area contributed by atoms with E-state index in [0.29, 0.717) is 16.7 Å². The summed E-state index contributed by atoms with van der Waals surface area (Å²) in [6.07, 6.45) is 3.32. The molecular formula is C15H21BrFN3. The number of anilines is 1. The maximum absolute atomic E-state index is 14.4. The lowest BCUT2D eigenvalue weighted by molar-refractivity contribution is 0.237. The van der Waals surface area contributed by atoms with Gasteiger partial charge in [-0.25, -0.2) is 4.39 Å². The summed E-state index contributed by atoms with van der Waals surface area (Å²) in [6.45, 7) is 6.25. The predicted molar refractivity (Wildman–Crippen MR) is 85.0 cm³/mol. The van der Waals surface area contributed by atoms with Crippen molar-refractivity contribution >= 4 is 27.5 Å². The highest BCUT2D eigenvalue weighted by Crippen LogP contribution is 2.37. The maximum Gasteiger partial charge on any atom is 0.161 e. The first kappa shape index (κ1) is 15.3. The Morgan fingerprint density at radius 1 is 1.45 bits per heavy atom. The molecule has 1 heterocycles. The van der Waals surface area contributed by atoms with Crippen LogP contribution in [0, 0.1) is 16.6 Å². The van der Waals surface area contributed by atoms with E-state index in [1.165, 1.54) is 0 Å². The van der Waals surface area contributed by atoms with E-state index in [2.05, 4.69) is 34.7 Å². The molecule has 1 fully saturated rings. The molecule has 3 N–H and O–H groups in total. The number of hydrogen-bond acceptors (Lipinski definition) is 2. The number of halogens is 2. The van der Waals surface area contributed by atoms with Crippen molar-refractivity contribution < 1.29 is 4.39 Å². The number of nitrogen functional groups attached to an aromatic ring is 1. The molecule has 0 atom stereocenters. The van der Waals surface area contributed by atoms with E-state index in [0.717, 1.165) is 32.4 Å². The van der Waals surface area contributed by atoms with Crippen LogP contribution in [0.15, 0.2) is 16.6 Å². The molecule has 0 spiro atoms. The van der Waals surface area contributed by atoms with Gasteiger partial charge in [0.05, 0.1) is 10.2 Å². The van der Waals surface area contributed by atoms with Gasteiger partial charge in [0.2, 0.25) is 0 Å². The molecule has 0 bridgehead atoms. The molecule has 110 valence electrons. The van der Waals surface area contributed by atoms with Crippen LogP contribution in [0.4, 0.5) is 10.1 Å². The Morgan fingerprint density at radius 2 is 2.05 bits per heavy atom. The minimum Gasteiger partial charge on any atom is -0.384 e. The van der Waals surface area contributed by atoms with Gasteiger partial charge < -0.3 is 10.6 Å². The van der Waals surface area contributed by atoms with Crippen molar-refractivity contribution in [3.63, 3.8) is 0 Å². The Bertz CT molecular complexity index is 522. The van der Waals surface area contributed by atoms with Crippen LogP contribution in [0.3, 0.4) is 0 Å². The Labute approximate surface area is 128 Å². The lowest BCUT2D eigenvalue weighted by Gasteiger charge is -2.40. The molecule has 1 aliphatic rings. The average molecular weight is 342 g/mol. The normalized spacial score (nSPS) is 18.1. The van der Waals surface area contributed by atoms with Crippen LogP contribution in [0.5, 0.6) is 0 Å². The SMILES string of the molecule is CCC1(C)CCN(c2ccc(C(=N)N)c(Br)c2F)CC1. The first-order chi connectivity index (χ1) is 9.38. The summed E-state index contributed by atoms with van der Waals surface area (Å²) >= 11 is 3.21. The summed E-state index contributed by atoms with van der Waals surface area (Å²) in [6, 6.07) is 3.43. The van der Waals surface area contributed by atoms with Crippen LogP contribution in [-0.2, 0) is 0 Å². The number of rotatable bonds is 3. The summed E-state index contributed by atoms with van der Waals surface area (Å²) in [5.74, 6) is -0.447. The second-order valence-electron chi connectivity index (χ2n) is 5.83. The lowest BCUT2D eigenvalue weighted by atomic mass is 9.78. The molecule has 0 saturated carbocycles. The van der Waals surface area contributed by atoms with Crippen LogP contribution < -0.4 is 10.6 Å². The van der Waals surface area contributed by atoms with Crippen molar-refractivity contribution in [2.75, 3.05) is 18.0 Å². The number of nitrogens with two attached hydrogens (primary N) is 1. The first-order valence-electron chi connectivity index (χ1n) is 6.95. The van der Waals surface area contributed by atoms with Crippen LogP contribution in [0.1, 0.15) is 38.7 Å². The number of benzene rings is 1. The Kier molecular flexibility index (Phi) is 4.37. The van der Waals surface area contributed by atoms with E-state index in [1.54, 1.807) is 12.1 Å². The third-order valence-corrected chi connectivity index (χ3v) is 5.29. The second kappa shape index (κ2) is 5.72. The molecule has 0 aromatic heterocycles. The van der Waals surface area contributed by atoms with Gasteiger partial charge in [0.1, 0.15) is 5.84 Å². The molecule has 0 aliphatic carbocycles. The minimum absolute atomic E-state index is 0.125. The summed E-state index contributed by atoms with van der Waals surface area (Å²) in [5.41, 5.74) is 6.82. The van der Waals surface area contributed by atoms with E-state index in [1.807, 2.05) is 0 Å². The van der Waals surface area contributed by atoms with Crippen molar-refractivity contribution in [2.45, 2.75) is 33.1 Å². The molecule has 0 amide bonds. The molecule has 0 radical (unpaired) electrons. The van der Waals surface area contributed by atoms with Crippen LogP contribution in [0.25, 0.3) is 0 Å². The van der Waals surface area contributed by atoms with Gasteiger partial charge >= 0.3 is 0 Å². The average Bonchev–Trinajstić information content (AvgIpc) is 2.43. The quantitative estimate of drug-likeness (QED) is 0.647. The molecule has 3 nitrogen and oxygen atoms in total. The van der Waals surface area contributed by atoms with Crippen LogP contribution >= 0.6 is 15.9 Å². The van der Waals surface area contributed by atoms with Crippen LogP contribution in [-0.4, -0.2) is 18.9 Å². The highest BCUT2D eigenvalue weighted by molar-refractivity contribution is 9.10. The summed E-state index contributed by atoms with van der Waals surface area (Å²) in [7, 11) is 0. The van der Waals surface area contributed by atoms with Gasteiger partial charge in [-0.3, -0.25) is 5.41 Å². The van der Waals surface area contributed by atoms with Crippen molar-refractivity contribution in [3.8, 4) is 0 Å². The summed E-state index contributed by atoms with van der Waals surface area (Å²) in [5, 5.41) is 7.43. The first-order valence-corrected chi connectivity index (χ1v) is 7.74. The van der Waals surface area contributed by atoms with Crippen LogP contribution in [0.2, 0.25) is 0 Å². The smallest absolute Gasteiger partial charge is 0.161 e. The zero-order valence-electron chi connectivity index (χ0n) is 12.0. The Hall–Kier alpha value is -1.10. The number of piperidine rings is 1. The lowest BCUT2D eigenvalue weighted by Crippen LogP contribution is -2.39.